The van der Waals surface area contributed by atoms with Gasteiger partial charge in [0.2, 0.25) is 0 Å². The Morgan fingerprint density at radius 2 is 2.04 bits per heavy atom. The average molecular weight is 369 g/mol. The van der Waals surface area contributed by atoms with Gasteiger partial charge in [-0.1, -0.05) is 5.16 Å². The van der Waals surface area contributed by atoms with E-state index in [0.29, 0.717) is 18.5 Å². The summed E-state index contributed by atoms with van der Waals surface area (Å²) < 4.78 is 11.5. The maximum Gasteiger partial charge on any atom is 0.261 e. The first-order valence-corrected chi connectivity index (χ1v) is 9.09. The Balaban J connectivity index is 1.46. The largest absolute Gasteiger partial charge is 0.383 e. The van der Waals surface area contributed by atoms with Gasteiger partial charge in [0.15, 0.2) is 0 Å². The minimum Gasteiger partial charge on any atom is -0.383 e. The fraction of sp³-hybridized carbons (Fsp3) is 0.421. The number of ether oxygens (including phenoxy) is 1. The lowest BCUT2D eigenvalue weighted by Gasteiger charge is -2.35. The van der Waals surface area contributed by atoms with Crippen LogP contribution in [0.25, 0.3) is 10.9 Å². The second-order valence-electron chi connectivity index (χ2n) is 6.69. The van der Waals surface area contributed by atoms with Crippen molar-refractivity contribution in [3.05, 3.63) is 52.9 Å². The number of hydrogen-bond acceptors (Lipinski definition) is 7. The second kappa shape index (κ2) is 7.89. The van der Waals surface area contributed by atoms with E-state index in [1.54, 1.807) is 24.3 Å². The SMILES string of the molecule is COCCn1cnc2cc(N3CCN(Cc4ccon4)CC3)ccc2c1=O. The van der Waals surface area contributed by atoms with Gasteiger partial charge in [0.25, 0.3) is 5.56 Å². The lowest BCUT2D eigenvalue weighted by Crippen LogP contribution is -2.46. The van der Waals surface area contributed by atoms with Crippen molar-refractivity contribution in [2.75, 3.05) is 44.8 Å². The molecule has 27 heavy (non-hydrogen) atoms. The van der Waals surface area contributed by atoms with Crippen LogP contribution in [0.1, 0.15) is 5.69 Å². The van der Waals surface area contributed by atoms with Crippen LogP contribution in [0.4, 0.5) is 5.69 Å². The highest BCUT2D eigenvalue weighted by Crippen LogP contribution is 2.21. The van der Waals surface area contributed by atoms with Gasteiger partial charge in [0.05, 0.1) is 36.1 Å². The number of nitrogens with zero attached hydrogens (tertiary/aromatic N) is 5. The normalized spacial score (nSPS) is 15.5. The smallest absolute Gasteiger partial charge is 0.261 e. The van der Waals surface area contributed by atoms with Crippen LogP contribution in [0, 0.1) is 0 Å². The summed E-state index contributed by atoms with van der Waals surface area (Å²) in [6.45, 7) is 5.57. The molecule has 0 radical (unpaired) electrons. The van der Waals surface area contributed by atoms with Crippen molar-refractivity contribution in [3.63, 3.8) is 0 Å². The summed E-state index contributed by atoms with van der Waals surface area (Å²) in [5, 5.41) is 4.62. The lowest BCUT2D eigenvalue weighted by atomic mass is 10.2. The highest BCUT2D eigenvalue weighted by atomic mass is 16.5. The van der Waals surface area contributed by atoms with E-state index in [0.717, 1.165) is 49.6 Å². The molecule has 2 aromatic heterocycles. The molecule has 0 spiro atoms. The molecule has 1 fully saturated rings. The number of fused-ring (bicyclic) bond motifs is 1. The van der Waals surface area contributed by atoms with E-state index in [9.17, 15) is 4.79 Å². The van der Waals surface area contributed by atoms with Crippen LogP contribution in [0.3, 0.4) is 0 Å². The third-order valence-electron chi connectivity index (χ3n) is 4.96. The predicted molar refractivity (Wildman–Crippen MR) is 102 cm³/mol. The molecule has 4 rings (SSSR count). The van der Waals surface area contributed by atoms with Gasteiger partial charge >= 0.3 is 0 Å². The van der Waals surface area contributed by atoms with Crippen LogP contribution in [0.2, 0.25) is 0 Å². The Morgan fingerprint density at radius 3 is 2.78 bits per heavy atom. The molecule has 0 N–H and O–H groups in total. The van der Waals surface area contributed by atoms with Crippen LogP contribution >= 0.6 is 0 Å². The summed E-state index contributed by atoms with van der Waals surface area (Å²) >= 11 is 0. The van der Waals surface area contributed by atoms with Gasteiger partial charge in [-0.3, -0.25) is 14.3 Å². The Hall–Kier alpha value is -2.71. The molecule has 0 unspecified atom stereocenters. The Kier molecular flexibility index (Phi) is 5.17. The summed E-state index contributed by atoms with van der Waals surface area (Å²) in [5.74, 6) is 0. The van der Waals surface area contributed by atoms with Crippen LogP contribution < -0.4 is 10.5 Å². The van der Waals surface area contributed by atoms with Crippen molar-refractivity contribution in [3.8, 4) is 0 Å². The Morgan fingerprint density at radius 1 is 1.19 bits per heavy atom. The van der Waals surface area contributed by atoms with Gasteiger partial charge in [-0.2, -0.15) is 0 Å². The van der Waals surface area contributed by atoms with Crippen LogP contribution in [0.15, 0.2) is 46.2 Å². The first-order chi connectivity index (χ1) is 13.2. The Bertz CT molecular complexity index is 946. The molecule has 3 aromatic rings. The number of benzene rings is 1. The van der Waals surface area contributed by atoms with E-state index >= 15 is 0 Å². The zero-order valence-corrected chi connectivity index (χ0v) is 15.4. The van der Waals surface area contributed by atoms with Gasteiger partial charge in [-0.05, 0) is 18.2 Å². The van der Waals surface area contributed by atoms with E-state index in [1.165, 1.54) is 0 Å². The molecule has 0 bridgehead atoms. The van der Waals surface area contributed by atoms with Gasteiger partial charge in [0.1, 0.15) is 6.26 Å². The van der Waals surface area contributed by atoms with E-state index in [-0.39, 0.29) is 5.56 Å². The van der Waals surface area contributed by atoms with Gasteiger partial charge in [-0.25, -0.2) is 4.98 Å². The van der Waals surface area contributed by atoms with Crippen molar-refractivity contribution < 1.29 is 9.26 Å². The molecule has 0 aliphatic carbocycles. The molecule has 1 saturated heterocycles. The summed E-state index contributed by atoms with van der Waals surface area (Å²) in [6.07, 6.45) is 3.21. The number of anilines is 1. The molecule has 8 heteroatoms. The third-order valence-corrected chi connectivity index (χ3v) is 4.96. The van der Waals surface area contributed by atoms with Crippen molar-refractivity contribution in [1.82, 2.24) is 19.6 Å². The second-order valence-corrected chi connectivity index (χ2v) is 6.69. The first-order valence-electron chi connectivity index (χ1n) is 9.09. The van der Waals surface area contributed by atoms with E-state index in [4.69, 9.17) is 9.26 Å². The fourth-order valence-corrected chi connectivity index (χ4v) is 3.40. The molecular weight excluding hydrogens is 346 g/mol. The van der Waals surface area contributed by atoms with Crippen LogP contribution in [0.5, 0.6) is 0 Å². The average Bonchev–Trinajstić information content (AvgIpc) is 3.21. The number of aromatic nitrogens is 3. The summed E-state index contributed by atoms with van der Waals surface area (Å²) in [6, 6.07) is 7.80. The number of hydrogen-bond donors (Lipinski definition) is 0. The summed E-state index contributed by atoms with van der Waals surface area (Å²) in [7, 11) is 1.62. The standard InChI is InChI=1S/C19H23N5O3/c1-26-11-9-24-14-20-18-12-16(2-3-17(18)19(24)25)23-7-5-22(6-8-23)13-15-4-10-27-21-15/h2-4,10,12,14H,5-9,11,13H2,1H3. The fourth-order valence-electron chi connectivity index (χ4n) is 3.40. The topological polar surface area (TPSA) is 76.6 Å². The van der Waals surface area contributed by atoms with E-state index in [2.05, 4.69) is 19.9 Å². The maximum absolute atomic E-state index is 12.5. The zero-order chi connectivity index (χ0) is 18.6. The molecule has 0 amide bonds. The highest BCUT2D eigenvalue weighted by Gasteiger charge is 2.18. The monoisotopic (exact) mass is 369 g/mol. The van der Waals surface area contributed by atoms with Gasteiger partial charge in [-0.15, -0.1) is 0 Å². The third kappa shape index (κ3) is 3.86. The van der Waals surface area contributed by atoms with Crippen LogP contribution in [-0.4, -0.2) is 59.5 Å². The minimum absolute atomic E-state index is 0.0268. The molecular formula is C19H23N5O3. The van der Waals surface area contributed by atoms with Crippen molar-refractivity contribution >= 4 is 16.6 Å². The van der Waals surface area contributed by atoms with Crippen LogP contribution in [-0.2, 0) is 17.8 Å². The zero-order valence-electron chi connectivity index (χ0n) is 15.4. The molecule has 1 aliphatic heterocycles. The molecule has 3 heterocycles. The molecule has 1 aromatic carbocycles. The first kappa shape index (κ1) is 17.7. The molecule has 1 aliphatic rings. The Labute approximate surface area is 156 Å². The molecule has 0 saturated carbocycles. The van der Waals surface area contributed by atoms with Crippen molar-refractivity contribution in [2.24, 2.45) is 0 Å². The molecule has 0 atom stereocenters. The summed E-state index contributed by atoms with van der Waals surface area (Å²) in [4.78, 5) is 21.7. The van der Waals surface area contributed by atoms with Gasteiger partial charge < -0.3 is 14.2 Å². The summed E-state index contributed by atoms with van der Waals surface area (Å²) in [5.41, 5.74) is 2.77. The number of piperazine rings is 1. The quantitative estimate of drug-likeness (QED) is 0.649. The maximum atomic E-state index is 12.5. The highest BCUT2D eigenvalue weighted by molar-refractivity contribution is 5.81. The lowest BCUT2D eigenvalue weighted by molar-refractivity contribution is 0.186. The number of methoxy groups -OCH3 is 1. The van der Waals surface area contributed by atoms with Gasteiger partial charge in [0, 0.05) is 51.6 Å². The van der Waals surface area contributed by atoms with E-state index in [1.807, 2.05) is 24.3 Å². The van der Waals surface area contributed by atoms with Crippen molar-refractivity contribution in [1.29, 1.82) is 0 Å². The molecule has 142 valence electrons. The predicted octanol–water partition coefficient (Wildman–Crippen LogP) is 1.35. The molecule has 8 nitrogen and oxygen atoms in total. The number of rotatable bonds is 6. The van der Waals surface area contributed by atoms with E-state index < -0.39 is 0 Å². The van der Waals surface area contributed by atoms with Crippen molar-refractivity contribution in [2.45, 2.75) is 13.1 Å². The minimum atomic E-state index is -0.0268.